The van der Waals surface area contributed by atoms with Crippen molar-refractivity contribution in [2.24, 2.45) is 0 Å². The zero-order chi connectivity index (χ0) is 16.8. The minimum atomic E-state index is 0.517. The maximum atomic E-state index is 6.19. The van der Waals surface area contributed by atoms with Crippen molar-refractivity contribution >= 4 is 23.0 Å². The Labute approximate surface area is 141 Å². The van der Waals surface area contributed by atoms with Crippen LogP contribution >= 0.6 is 0 Å². The van der Waals surface area contributed by atoms with E-state index in [-0.39, 0.29) is 0 Å². The van der Waals surface area contributed by atoms with Crippen LogP contribution in [0, 0.1) is 6.92 Å². The lowest BCUT2D eigenvalue weighted by molar-refractivity contribution is 0.660. The van der Waals surface area contributed by atoms with Crippen LogP contribution in [0.2, 0.25) is 0 Å². The SMILES string of the molecule is Cc1ccccc1Nc1ncnc(NCCCn2ccnc2)c1N. The molecule has 3 aromatic rings. The van der Waals surface area contributed by atoms with Gasteiger partial charge in [0.1, 0.15) is 12.0 Å². The Morgan fingerprint density at radius 1 is 1.17 bits per heavy atom. The van der Waals surface area contributed by atoms with E-state index in [1.165, 1.54) is 6.33 Å². The van der Waals surface area contributed by atoms with Crippen LogP contribution in [0.1, 0.15) is 12.0 Å². The summed E-state index contributed by atoms with van der Waals surface area (Å²) in [4.78, 5) is 12.5. The van der Waals surface area contributed by atoms with E-state index in [1.54, 1.807) is 6.20 Å². The van der Waals surface area contributed by atoms with E-state index in [2.05, 4.69) is 25.6 Å². The predicted octanol–water partition coefficient (Wildman–Crippen LogP) is 2.81. The summed E-state index contributed by atoms with van der Waals surface area (Å²) in [5.74, 6) is 1.25. The zero-order valence-electron chi connectivity index (χ0n) is 13.6. The maximum Gasteiger partial charge on any atom is 0.159 e. The Morgan fingerprint density at radius 2 is 2.00 bits per heavy atom. The van der Waals surface area contributed by atoms with E-state index in [0.717, 1.165) is 30.8 Å². The Kier molecular flexibility index (Phi) is 4.90. The summed E-state index contributed by atoms with van der Waals surface area (Å²) in [5, 5.41) is 6.53. The molecule has 7 nitrogen and oxygen atoms in total. The van der Waals surface area contributed by atoms with Gasteiger partial charge in [0.25, 0.3) is 0 Å². The monoisotopic (exact) mass is 323 g/mol. The fraction of sp³-hybridized carbons (Fsp3) is 0.235. The average molecular weight is 323 g/mol. The van der Waals surface area contributed by atoms with Crippen molar-refractivity contribution in [3.05, 3.63) is 54.9 Å². The maximum absolute atomic E-state index is 6.19. The molecule has 2 heterocycles. The third-order valence-electron chi connectivity index (χ3n) is 3.73. The lowest BCUT2D eigenvalue weighted by Crippen LogP contribution is -2.11. The third kappa shape index (κ3) is 3.81. The first-order valence-corrected chi connectivity index (χ1v) is 7.87. The molecule has 0 aliphatic rings. The second kappa shape index (κ2) is 7.45. The van der Waals surface area contributed by atoms with Gasteiger partial charge in [-0.2, -0.15) is 0 Å². The van der Waals surface area contributed by atoms with Gasteiger partial charge in [0.2, 0.25) is 0 Å². The molecule has 0 spiro atoms. The van der Waals surface area contributed by atoms with Crippen molar-refractivity contribution in [2.45, 2.75) is 19.9 Å². The molecule has 0 saturated carbocycles. The number of rotatable bonds is 7. The average Bonchev–Trinajstić information content (AvgIpc) is 3.10. The molecular formula is C17H21N7. The molecular weight excluding hydrogens is 302 g/mol. The Bertz CT molecular complexity index is 783. The van der Waals surface area contributed by atoms with Gasteiger partial charge in [0.15, 0.2) is 11.6 Å². The van der Waals surface area contributed by atoms with E-state index in [9.17, 15) is 0 Å². The topological polar surface area (TPSA) is 93.7 Å². The van der Waals surface area contributed by atoms with Crippen LogP contribution in [-0.4, -0.2) is 26.1 Å². The number of anilines is 4. The van der Waals surface area contributed by atoms with Gasteiger partial charge >= 0.3 is 0 Å². The first kappa shape index (κ1) is 15.8. The van der Waals surface area contributed by atoms with Crippen LogP contribution in [0.3, 0.4) is 0 Å². The Morgan fingerprint density at radius 3 is 2.79 bits per heavy atom. The fourth-order valence-corrected chi connectivity index (χ4v) is 2.36. The summed E-state index contributed by atoms with van der Waals surface area (Å²) in [6.07, 6.45) is 7.99. The van der Waals surface area contributed by atoms with E-state index in [1.807, 2.05) is 48.3 Å². The second-order valence-electron chi connectivity index (χ2n) is 5.51. The van der Waals surface area contributed by atoms with Crippen molar-refractivity contribution in [3.63, 3.8) is 0 Å². The summed E-state index contributed by atoms with van der Waals surface area (Å²) < 4.78 is 2.04. The highest BCUT2D eigenvalue weighted by Crippen LogP contribution is 2.26. The number of aromatic nitrogens is 4. The van der Waals surface area contributed by atoms with Crippen molar-refractivity contribution in [1.29, 1.82) is 0 Å². The highest BCUT2D eigenvalue weighted by Gasteiger charge is 2.08. The number of imidazole rings is 1. The Balaban J connectivity index is 1.61. The van der Waals surface area contributed by atoms with Gasteiger partial charge in [-0.1, -0.05) is 18.2 Å². The van der Waals surface area contributed by atoms with Crippen LogP contribution in [0.4, 0.5) is 23.0 Å². The first-order chi connectivity index (χ1) is 11.7. The van der Waals surface area contributed by atoms with Crippen LogP contribution < -0.4 is 16.4 Å². The van der Waals surface area contributed by atoms with Gasteiger partial charge in [-0.3, -0.25) is 0 Å². The van der Waals surface area contributed by atoms with Crippen LogP contribution in [0.5, 0.6) is 0 Å². The summed E-state index contributed by atoms with van der Waals surface area (Å²) in [7, 11) is 0. The van der Waals surface area contributed by atoms with Gasteiger partial charge < -0.3 is 20.9 Å². The van der Waals surface area contributed by atoms with E-state index in [0.29, 0.717) is 17.3 Å². The number of nitrogens with one attached hydrogen (secondary N) is 2. The quantitative estimate of drug-likeness (QED) is 0.579. The number of para-hydroxylation sites is 1. The molecule has 0 aliphatic heterocycles. The van der Waals surface area contributed by atoms with Crippen LogP contribution in [-0.2, 0) is 6.54 Å². The third-order valence-corrected chi connectivity index (χ3v) is 3.73. The number of aryl methyl sites for hydroxylation is 2. The highest BCUT2D eigenvalue weighted by molar-refractivity contribution is 5.78. The van der Waals surface area contributed by atoms with Gasteiger partial charge in [-0.25, -0.2) is 15.0 Å². The molecule has 4 N–H and O–H groups in total. The summed E-state index contributed by atoms with van der Waals surface area (Å²) in [5.41, 5.74) is 8.82. The van der Waals surface area contributed by atoms with Crippen molar-refractivity contribution in [1.82, 2.24) is 19.5 Å². The van der Waals surface area contributed by atoms with Crippen molar-refractivity contribution in [2.75, 3.05) is 22.9 Å². The molecule has 1 aromatic carbocycles. The lowest BCUT2D eigenvalue weighted by atomic mass is 10.2. The molecule has 0 aliphatic carbocycles. The molecule has 3 rings (SSSR count). The molecule has 124 valence electrons. The molecule has 7 heteroatoms. The van der Waals surface area contributed by atoms with E-state index in [4.69, 9.17) is 5.73 Å². The van der Waals surface area contributed by atoms with Crippen LogP contribution in [0.15, 0.2) is 49.3 Å². The molecule has 0 atom stereocenters. The minimum absolute atomic E-state index is 0.517. The number of nitrogens with two attached hydrogens (primary N) is 1. The van der Waals surface area contributed by atoms with Crippen molar-refractivity contribution in [3.8, 4) is 0 Å². The van der Waals surface area contributed by atoms with E-state index >= 15 is 0 Å². The molecule has 0 amide bonds. The molecule has 0 saturated heterocycles. The fourth-order valence-electron chi connectivity index (χ4n) is 2.36. The van der Waals surface area contributed by atoms with Gasteiger partial charge in [0.05, 0.1) is 6.33 Å². The Hall–Kier alpha value is -3.09. The van der Waals surface area contributed by atoms with Crippen LogP contribution in [0.25, 0.3) is 0 Å². The smallest absolute Gasteiger partial charge is 0.159 e. The molecule has 2 aromatic heterocycles. The van der Waals surface area contributed by atoms with Gasteiger partial charge in [0, 0.05) is 31.2 Å². The zero-order valence-corrected chi connectivity index (χ0v) is 13.6. The molecule has 0 unspecified atom stereocenters. The lowest BCUT2D eigenvalue weighted by Gasteiger charge is -2.13. The van der Waals surface area contributed by atoms with E-state index < -0.39 is 0 Å². The normalized spacial score (nSPS) is 10.5. The number of nitrogens with zero attached hydrogens (tertiary/aromatic N) is 4. The van der Waals surface area contributed by atoms with Crippen molar-refractivity contribution < 1.29 is 0 Å². The molecule has 24 heavy (non-hydrogen) atoms. The second-order valence-corrected chi connectivity index (χ2v) is 5.51. The van der Waals surface area contributed by atoms with Gasteiger partial charge in [-0.05, 0) is 25.0 Å². The molecule has 0 fully saturated rings. The summed E-state index contributed by atoms with van der Waals surface area (Å²) in [6.45, 7) is 3.70. The first-order valence-electron chi connectivity index (χ1n) is 7.87. The number of hydrogen-bond donors (Lipinski definition) is 3. The molecule has 0 radical (unpaired) electrons. The minimum Gasteiger partial charge on any atom is -0.393 e. The largest absolute Gasteiger partial charge is 0.393 e. The molecule has 0 bridgehead atoms. The standard InChI is InChI=1S/C17H21N7/c1-13-5-2-3-6-14(13)23-17-15(18)16(21-11-22-17)20-7-4-9-24-10-8-19-12-24/h2-3,5-6,8,10-12H,4,7,9,18H2,1H3,(H2,20,21,22,23). The summed E-state index contributed by atoms with van der Waals surface area (Å²) >= 11 is 0. The highest BCUT2D eigenvalue weighted by atomic mass is 15.1. The number of nitrogen functional groups attached to an aromatic ring is 1. The number of benzene rings is 1. The summed E-state index contributed by atoms with van der Waals surface area (Å²) in [6, 6.07) is 8.00. The predicted molar refractivity (Wildman–Crippen MR) is 96.2 cm³/mol. The number of hydrogen-bond acceptors (Lipinski definition) is 6. The van der Waals surface area contributed by atoms with Gasteiger partial charge in [-0.15, -0.1) is 0 Å².